The number of nitrogens with one attached hydrogen (secondary N) is 1. The molecule has 0 saturated carbocycles. The highest BCUT2D eigenvalue weighted by molar-refractivity contribution is 9.10. The maximum absolute atomic E-state index is 11.9. The Morgan fingerprint density at radius 2 is 2.33 bits per heavy atom. The summed E-state index contributed by atoms with van der Waals surface area (Å²) >= 11 is 3.53. The number of nitrogens with zero attached hydrogens (tertiary/aromatic N) is 3. The van der Waals surface area contributed by atoms with E-state index in [1.165, 1.54) is 6.33 Å². The lowest BCUT2D eigenvalue weighted by Crippen LogP contribution is -2.29. The Bertz CT molecular complexity index is 775. The molecule has 126 valence electrons. The van der Waals surface area contributed by atoms with Crippen molar-refractivity contribution in [3.8, 4) is 11.5 Å². The number of hydrogen-bond donors (Lipinski definition) is 1. The summed E-state index contributed by atoms with van der Waals surface area (Å²) in [5, 5.41) is 6.92. The number of aromatic nitrogens is 3. The van der Waals surface area contributed by atoms with Crippen molar-refractivity contribution < 1.29 is 14.3 Å². The predicted octanol–water partition coefficient (Wildman–Crippen LogP) is 2.94. The third-order valence-corrected chi connectivity index (χ3v) is 4.15. The summed E-state index contributed by atoms with van der Waals surface area (Å²) in [4.78, 5) is 16.0. The van der Waals surface area contributed by atoms with Crippen LogP contribution < -0.4 is 14.8 Å². The largest absolute Gasteiger partial charge is 0.490 e. The molecule has 1 aromatic heterocycles. The maximum atomic E-state index is 11.9. The molecule has 8 heteroatoms. The number of carbonyl (C=O) groups is 1. The molecule has 0 saturated heterocycles. The summed E-state index contributed by atoms with van der Waals surface area (Å²) in [6, 6.07) is 3.54. The lowest BCUT2D eigenvalue weighted by molar-refractivity contribution is -0.117. The second kappa shape index (κ2) is 7.04. The van der Waals surface area contributed by atoms with E-state index in [1.54, 1.807) is 10.8 Å². The molecule has 0 bridgehead atoms. The highest BCUT2D eigenvalue weighted by Gasteiger charge is 2.29. The first-order valence-corrected chi connectivity index (χ1v) is 8.32. The maximum Gasteiger partial charge on any atom is 0.229 e. The number of anilines is 1. The Labute approximate surface area is 147 Å². The highest BCUT2D eigenvalue weighted by Crippen LogP contribution is 2.40. The normalized spacial score (nSPS) is 16.2. The molecular formula is C16H17BrN4O3. The minimum atomic E-state index is -0.250. The predicted molar refractivity (Wildman–Crippen MR) is 92.4 cm³/mol. The molecule has 3 rings (SSSR count). The average Bonchev–Trinajstić information content (AvgIpc) is 3.01. The van der Waals surface area contributed by atoms with Crippen LogP contribution >= 0.6 is 15.9 Å². The first-order valence-electron chi connectivity index (χ1n) is 7.53. The lowest BCUT2D eigenvalue weighted by atomic mass is 10.0. The van der Waals surface area contributed by atoms with Crippen LogP contribution in [0, 0.1) is 0 Å². The van der Waals surface area contributed by atoms with Gasteiger partial charge in [0.1, 0.15) is 12.9 Å². The van der Waals surface area contributed by atoms with E-state index < -0.39 is 0 Å². The second-order valence-corrected chi connectivity index (χ2v) is 6.01. The Morgan fingerprint density at radius 1 is 1.50 bits per heavy atom. The summed E-state index contributed by atoms with van der Waals surface area (Å²) in [5.74, 6) is 1.56. The van der Waals surface area contributed by atoms with E-state index in [2.05, 4.69) is 37.9 Å². The molecule has 1 aliphatic rings. The number of halogens is 1. The van der Waals surface area contributed by atoms with E-state index in [-0.39, 0.29) is 18.4 Å². The summed E-state index contributed by atoms with van der Waals surface area (Å²) in [6.07, 6.45) is 3.37. The van der Waals surface area contributed by atoms with Crippen LogP contribution in [0.2, 0.25) is 0 Å². The first kappa shape index (κ1) is 16.5. The van der Waals surface area contributed by atoms with Crippen molar-refractivity contribution in [3.63, 3.8) is 0 Å². The Balaban J connectivity index is 2.03. The quantitative estimate of drug-likeness (QED) is 0.764. The molecule has 0 radical (unpaired) electrons. The van der Waals surface area contributed by atoms with Crippen molar-refractivity contribution in [2.24, 2.45) is 0 Å². The molecule has 1 N–H and O–H groups in total. The van der Waals surface area contributed by atoms with Crippen LogP contribution in [0.1, 0.15) is 24.9 Å². The van der Waals surface area contributed by atoms with Crippen LogP contribution in [0.3, 0.4) is 0 Å². The summed E-state index contributed by atoms with van der Waals surface area (Å²) in [7, 11) is 0. The van der Waals surface area contributed by atoms with E-state index in [0.29, 0.717) is 30.7 Å². The molecule has 24 heavy (non-hydrogen) atoms. The molecule has 7 nitrogen and oxygen atoms in total. The van der Waals surface area contributed by atoms with Gasteiger partial charge in [0, 0.05) is 0 Å². The van der Waals surface area contributed by atoms with Gasteiger partial charge in [0.25, 0.3) is 0 Å². The van der Waals surface area contributed by atoms with E-state index in [9.17, 15) is 4.79 Å². The number of carbonyl (C=O) groups excluding carboxylic acids is 1. The van der Waals surface area contributed by atoms with Gasteiger partial charge in [0.15, 0.2) is 11.5 Å². The van der Waals surface area contributed by atoms with Crippen molar-refractivity contribution in [2.45, 2.75) is 19.4 Å². The molecular weight excluding hydrogens is 376 g/mol. The molecule has 0 unspecified atom stereocenters. The fourth-order valence-electron chi connectivity index (χ4n) is 2.59. The molecule has 0 aliphatic carbocycles. The van der Waals surface area contributed by atoms with Crippen LogP contribution in [0.25, 0.3) is 0 Å². The van der Waals surface area contributed by atoms with Crippen LogP contribution in [-0.4, -0.2) is 33.9 Å². The summed E-state index contributed by atoms with van der Waals surface area (Å²) in [5.41, 5.74) is 0.887. The van der Waals surface area contributed by atoms with Gasteiger partial charge in [0.05, 0.1) is 23.5 Å². The van der Waals surface area contributed by atoms with Crippen molar-refractivity contribution in [2.75, 3.05) is 18.5 Å². The van der Waals surface area contributed by atoms with Crippen molar-refractivity contribution in [1.82, 2.24) is 14.8 Å². The molecule has 0 fully saturated rings. The minimum Gasteiger partial charge on any atom is -0.490 e. The minimum absolute atomic E-state index is 0.0958. The molecule has 1 aliphatic heterocycles. The first-order chi connectivity index (χ1) is 11.6. The molecule has 1 amide bonds. The zero-order chi connectivity index (χ0) is 17.1. The van der Waals surface area contributed by atoms with Gasteiger partial charge in [-0.15, -0.1) is 0 Å². The SMILES string of the molecule is C=CCOc1c(Br)cc([C@H]2CC(=O)Nc3ncnn32)cc1OCC. The standard InChI is InChI=1S/C16H17BrN4O3/c1-3-5-24-15-11(17)6-10(7-13(15)23-4-2)12-8-14(22)20-16-18-9-19-21(12)16/h3,6-7,9,12H,1,4-5,8H2,2H3,(H,18,19,20,22)/t12-/m1/s1. The van der Waals surface area contributed by atoms with Gasteiger partial charge in [0.2, 0.25) is 11.9 Å². The van der Waals surface area contributed by atoms with Gasteiger partial charge in [-0.1, -0.05) is 12.7 Å². The zero-order valence-corrected chi connectivity index (χ0v) is 14.7. The molecule has 2 heterocycles. The number of fused-ring (bicyclic) bond motifs is 1. The molecule has 1 atom stereocenters. The smallest absolute Gasteiger partial charge is 0.229 e. The van der Waals surface area contributed by atoms with Gasteiger partial charge in [-0.25, -0.2) is 4.68 Å². The molecule has 2 aromatic rings. The Kier molecular flexibility index (Phi) is 4.84. The van der Waals surface area contributed by atoms with E-state index in [0.717, 1.165) is 10.0 Å². The topological polar surface area (TPSA) is 78.3 Å². The number of rotatable bonds is 6. The second-order valence-electron chi connectivity index (χ2n) is 5.16. The average molecular weight is 393 g/mol. The molecule has 1 aromatic carbocycles. The van der Waals surface area contributed by atoms with Gasteiger partial charge in [-0.2, -0.15) is 10.1 Å². The van der Waals surface area contributed by atoms with Crippen LogP contribution in [-0.2, 0) is 4.79 Å². The van der Waals surface area contributed by atoms with Gasteiger partial charge < -0.3 is 9.47 Å². The van der Waals surface area contributed by atoms with Gasteiger partial charge >= 0.3 is 0 Å². The number of hydrogen-bond acceptors (Lipinski definition) is 5. The lowest BCUT2D eigenvalue weighted by Gasteiger charge is -2.25. The number of ether oxygens (including phenoxy) is 2. The van der Waals surface area contributed by atoms with Crippen LogP contribution in [0.5, 0.6) is 11.5 Å². The van der Waals surface area contributed by atoms with E-state index in [1.807, 2.05) is 19.1 Å². The third-order valence-electron chi connectivity index (χ3n) is 3.56. The third kappa shape index (κ3) is 3.14. The fraction of sp³-hybridized carbons (Fsp3) is 0.312. The summed E-state index contributed by atoms with van der Waals surface area (Å²) < 4.78 is 13.8. The highest BCUT2D eigenvalue weighted by atomic mass is 79.9. The Morgan fingerprint density at radius 3 is 3.08 bits per heavy atom. The van der Waals surface area contributed by atoms with Crippen LogP contribution in [0.15, 0.2) is 35.6 Å². The fourth-order valence-corrected chi connectivity index (χ4v) is 3.16. The molecule has 0 spiro atoms. The monoisotopic (exact) mass is 392 g/mol. The van der Waals surface area contributed by atoms with Crippen molar-refractivity contribution in [3.05, 3.63) is 41.2 Å². The Hall–Kier alpha value is -2.35. The number of amides is 1. The van der Waals surface area contributed by atoms with Crippen molar-refractivity contribution in [1.29, 1.82) is 0 Å². The van der Waals surface area contributed by atoms with Gasteiger partial charge in [-0.05, 0) is 40.5 Å². The summed E-state index contributed by atoms with van der Waals surface area (Å²) in [6.45, 7) is 6.43. The van der Waals surface area contributed by atoms with Gasteiger partial charge in [-0.3, -0.25) is 10.1 Å². The van der Waals surface area contributed by atoms with Crippen LogP contribution in [0.4, 0.5) is 5.95 Å². The van der Waals surface area contributed by atoms with E-state index >= 15 is 0 Å². The van der Waals surface area contributed by atoms with E-state index in [4.69, 9.17) is 9.47 Å². The zero-order valence-electron chi connectivity index (χ0n) is 13.2. The number of benzene rings is 1. The van der Waals surface area contributed by atoms with Crippen molar-refractivity contribution >= 4 is 27.8 Å².